The Kier molecular flexibility index (Phi) is 3.26. The van der Waals surface area contributed by atoms with Gasteiger partial charge < -0.3 is 10.2 Å². The quantitative estimate of drug-likeness (QED) is 0.597. The normalized spacial score (nSPS) is 14.9. The van der Waals surface area contributed by atoms with E-state index in [-0.39, 0.29) is 6.10 Å². The maximum atomic E-state index is 9.25. The smallest absolute Gasteiger partial charge is 0.0621 e. The Morgan fingerprint density at radius 2 is 1.50 bits per heavy atom. The van der Waals surface area contributed by atoms with Crippen LogP contribution in [0, 0.1) is 0 Å². The van der Waals surface area contributed by atoms with Crippen molar-refractivity contribution in [2.75, 3.05) is 7.11 Å². The minimum atomic E-state index is -0.127. The standard InChI is InChI=1S/C9H10O.CH4O/c10-9-5-7-3-1-2-4-8(7)6-9;1-2/h1-4,9-10H,5-6H2;2H,1H3. The summed E-state index contributed by atoms with van der Waals surface area (Å²) in [5.41, 5.74) is 2.63. The van der Waals surface area contributed by atoms with Gasteiger partial charge in [0.05, 0.1) is 6.10 Å². The Labute approximate surface area is 72.5 Å². The van der Waals surface area contributed by atoms with Gasteiger partial charge in [0, 0.05) is 7.11 Å². The van der Waals surface area contributed by atoms with E-state index in [0.717, 1.165) is 20.0 Å². The lowest BCUT2D eigenvalue weighted by molar-refractivity contribution is 0.187. The summed E-state index contributed by atoms with van der Waals surface area (Å²) in [5, 5.41) is 16.3. The first kappa shape index (κ1) is 9.23. The molecule has 2 rings (SSSR count). The molecule has 2 nitrogen and oxygen atoms in total. The van der Waals surface area contributed by atoms with Crippen LogP contribution in [0.4, 0.5) is 0 Å². The molecule has 0 unspecified atom stereocenters. The molecule has 2 heteroatoms. The average Bonchev–Trinajstić information content (AvgIpc) is 2.48. The topological polar surface area (TPSA) is 40.5 Å². The van der Waals surface area contributed by atoms with Crippen LogP contribution < -0.4 is 0 Å². The van der Waals surface area contributed by atoms with Crippen LogP contribution in [0.2, 0.25) is 0 Å². The highest BCUT2D eigenvalue weighted by Gasteiger charge is 2.17. The number of hydrogen-bond donors (Lipinski definition) is 2. The van der Waals surface area contributed by atoms with Gasteiger partial charge in [-0.3, -0.25) is 0 Å². The van der Waals surface area contributed by atoms with Gasteiger partial charge in [-0.15, -0.1) is 0 Å². The number of benzene rings is 1. The Morgan fingerprint density at radius 3 is 1.92 bits per heavy atom. The highest BCUT2D eigenvalue weighted by atomic mass is 16.3. The third-order valence-corrected chi connectivity index (χ3v) is 2.03. The van der Waals surface area contributed by atoms with Crippen molar-refractivity contribution in [2.24, 2.45) is 0 Å². The van der Waals surface area contributed by atoms with Crippen molar-refractivity contribution in [1.82, 2.24) is 0 Å². The van der Waals surface area contributed by atoms with E-state index in [1.54, 1.807) is 0 Å². The molecule has 66 valence electrons. The van der Waals surface area contributed by atoms with Gasteiger partial charge in [-0.25, -0.2) is 0 Å². The van der Waals surface area contributed by atoms with Crippen LogP contribution in [0.5, 0.6) is 0 Å². The van der Waals surface area contributed by atoms with E-state index in [1.807, 2.05) is 12.1 Å². The number of aliphatic hydroxyl groups excluding tert-OH is 2. The summed E-state index contributed by atoms with van der Waals surface area (Å²) in [6.45, 7) is 0. The highest BCUT2D eigenvalue weighted by Crippen LogP contribution is 2.20. The molecular formula is C10H14O2. The van der Waals surface area contributed by atoms with Crippen LogP contribution in [-0.2, 0) is 12.8 Å². The van der Waals surface area contributed by atoms with E-state index in [4.69, 9.17) is 5.11 Å². The Hall–Kier alpha value is -0.860. The van der Waals surface area contributed by atoms with E-state index in [9.17, 15) is 5.11 Å². The van der Waals surface area contributed by atoms with E-state index < -0.39 is 0 Å². The predicted octanol–water partition coefficient (Wildman–Crippen LogP) is 0.755. The molecule has 0 amide bonds. The Morgan fingerprint density at radius 1 is 1.08 bits per heavy atom. The van der Waals surface area contributed by atoms with Crippen LogP contribution in [0.1, 0.15) is 11.1 Å². The lowest BCUT2D eigenvalue weighted by Crippen LogP contribution is -2.03. The Balaban J connectivity index is 0.000000336. The first-order valence-electron chi connectivity index (χ1n) is 4.06. The molecule has 0 spiro atoms. The van der Waals surface area contributed by atoms with Crippen LogP contribution in [0.25, 0.3) is 0 Å². The van der Waals surface area contributed by atoms with E-state index in [1.165, 1.54) is 11.1 Å². The minimum Gasteiger partial charge on any atom is -0.400 e. The van der Waals surface area contributed by atoms with Crippen molar-refractivity contribution in [3.8, 4) is 0 Å². The van der Waals surface area contributed by atoms with Gasteiger partial charge in [-0.1, -0.05) is 24.3 Å². The zero-order chi connectivity index (χ0) is 8.97. The second-order valence-electron chi connectivity index (χ2n) is 2.83. The second-order valence-corrected chi connectivity index (χ2v) is 2.83. The molecule has 1 aliphatic rings. The van der Waals surface area contributed by atoms with E-state index in [2.05, 4.69) is 12.1 Å². The van der Waals surface area contributed by atoms with Crippen molar-refractivity contribution < 1.29 is 10.2 Å². The van der Waals surface area contributed by atoms with Crippen molar-refractivity contribution >= 4 is 0 Å². The van der Waals surface area contributed by atoms with Gasteiger partial charge in [-0.2, -0.15) is 0 Å². The van der Waals surface area contributed by atoms with Crippen molar-refractivity contribution in [3.63, 3.8) is 0 Å². The minimum absolute atomic E-state index is 0.127. The Bertz CT molecular complexity index is 220. The van der Waals surface area contributed by atoms with Crippen LogP contribution >= 0.6 is 0 Å². The predicted molar refractivity (Wildman–Crippen MR) is 48.0 cm³/mol. The van der Waals surface area contributed by atoms with Gasteiger partial charge in [-0.05, 0) is 24.0 Å². The van der Waals surface area contributed by atoms with Crippen LogP contribution in [0.15, 0.2) is 24.3 Å². The molecule has 0 atom stereocenters. The van der Waals surface area contributed by atoms with Gasteiger partial charge in [0.1, 0.15) is 0 Å². The molecule has 0 aliphatic heterocycles. The molecule has 2 N–H and O–H groups in total. The van der Waals surface area contributed by atoms with Gasteiger partial charge in [0.2, 0.25) is 0 Å². The summed E-state index contributed by atoms with van der Waals surface area (Å²) in [4.78, 5) is 0. The molecule has 0 saturated carbocycles. The fourth-order valence-corrected chi connectivity index (χ4v) is 1.54. The lowest BCUT2D eigenvalue weighted by Gasteiger charge is -1.93. The average molecular weight is 166 g/mol. The molecule has 0 heterocycles. The lowest BCUT2D eigenvalue weighted by atomic mass is 10.1. The summed E-state index contributed by atoms with van der Waals surface area (Å²) < 4.78 is 0. The van der Waals surface area contributed by atoms with Gasteiger partial charge in [0.25, 0.3) is 0 Å². The molecule has 1 aliphatic carbocycles. The third-order valence-electron chi connectivity index (χ3n) is 2.03. The third kappa shape index (κ3) is 1.84. The summed E-state index contributed by atoms with van der Waals surface area (Å²) in [5.74, 6) is 0. The zero-order valence-electron chi connectivity index (χ0n) is 7.20. The largest absolute Gasteiger partial charge is 0.400 e. The molecule has 0 fully saturated rings. The van der Waals surface area contributed by atoms with Gasteiger partial charge >= 0.3 is 0 Å². The molecular weight excluding hydrogens is 152 g/mol. The van der Waals surface area contributed by atoms with Gasteiger partial charge in [0.15, 0.2) is 0 Å². The molecule has 0 radical (unpaired) electrons. The first-order valence-corrected chi connectivity index (χ1v) is 4.06. The van der Waals surface area contributed by atoms with Crippen molar-refractivity contribution in [2.45, 2.75) is 18.9 Å². The second kappa shape index (κ2) is 4.24. The first-order chi connectivity index (χ1) is 5.86. The van der Waals surface area contributed by atoms with Crippen molar-refractivity contribution in [1.29, 1.82) is 0 Å². The number of aliphatic hydroxyl groups is 2. The van der Waals surface area contributed by atoms with Crippen LogP contribution in [0.3, 0.4) is 0 Å². The fraction of sp³-hybridized carbons (Fsp3) is 0.400. The zero-order valence-corrected chi connectivity index (χ0v) is 7.20. The molecule has 0 saturated heterocycles. The molecule has 12 heavy (non-hydrogen) atoms. The highest BCUT2D eigenvalue weighted by molar-refractivity contribution is 5.32. The maximum absolute atomic E-state index is 9.25. The number of rotatable bonds is 0. The van der Waals surface area contributed by atoms with Crippen LogP contribution in [-0.4, -0.2) is 23.4 Å². The monoisotopic (exact) mass is 166 g/mol. The number of hydrogen-bond acceptors (Lipinski definition) is 2. The molecule has 0 aromatic heterocycles. The molecule has 0 bridgehead atoms. The SMILES string of the molecule is CO.OC1Cc2ccccc2C1. The van der Waals surface area contributed by atoms with E-state index in [0.29, 0.717) is 0 Å². The summed E-state index contributed by atoms with van der Waals surface area (Å²) >= 11 is 0. The fourth-order valence-electron chi connectivity index (χ4n) is 1.54. The summed E-state index contributed by atoms with van der Waals surface area (Å²) in [7, 11) is 1.00. The maximum Gasteiger partial charge on any atom is 0.0621 e. The molecule has 1 aromatic carbocycles. The van der Waals surface area contributed by atoms with E-state index >= 15 is 0 Å². The summed E-state index contributed by atoms with van der Waals surface area (Å²) in [6, 6.07) is 8.23. The summed E-state index contributed by atoms with van der Waals surface area (Å²) in [6.07, 6.45) is 1.56. The number of fused-ring (bicyclic) bond motifs is 1. The van der Waals surface area contributed by atoms with Crippen molar-refractivity contribution in [3.05, 3.63) is 35.4 Å². The molecule has 1 aromatic rings.